The molecule has 4 radical (unpaired) electrons. The van der Waals surface area contributed by atoms with Crippen molar-refractivity contribution in [1.29, 1.82) is 10.8 Å². The largest absolute Gasteiger partial charge is 0.480 e. The van der Waals surface area contributed by atoms with Crippen molar-refractivity contribution in [2.75, 3.05) is 0 Å². The molecule has 6 heterocycles. The summed E-state index contributed by atoms with van der Waals surface area (Å²) in [6, 6.07) is 94.3. The maximum Gasteiger partial charge on any atom is 0.0748 e. The van der Waals surface area contributed by atoms with E-state index < -0.39 is 0 Å². The van der Waals surface area contributed by atoms with Gasteiger partial charge in [-0.1, -0.05) is 235 Å². The second-order valence-corrected chi connectivity index (χ2v) is 33.3. The minimum atomic E-state index is -0.339. The zero-order valence-corrected chi connectivity index (χ0v) is 87.3. The molecule has 0 aliphatic rings. The second-order valence-electron chi connectivity index (χ2n) is 33.3. The van der Waals surface area contributed by atoms with E-state index in [0.29, 0.717) is 71.2 Å². The van der Waals surface area contributed by atoms with Crippen molar-refractivity contribution in [2.24, 2.45) is 39.1 Å². The molecule has 0 spiro atoms. The molecule has 706 valence electrons. The SMILES string of the molecule is CC(=N)N=C([NH-])c1ccccn1.CC(C)(C)C(=N)N=C([NH-])c1ccccn1.CC(C)CC(O)CC(O)CC(C)C.CC(C)CCCC(O)CC(O)CCCC(C)C.[Ir].[Ir].[Ir].[Ir].[c-]1ccccc1-c1ncc(-c2ccccc2)cn1.[c-]1ccccc1-c1ncc(-c2ccccc2)cn1.[c-]1ccccc1-c1ncc(-c2ccccc2)cn1.[c-]1ccccc1-c1ncc(-c2ccccc2)cn1. The van der Waals surface area contributed by atoms with Crippen molar-refractivity contribution in [3.05, 3.63) is 364 Å². The molecule has 0 aliphatic carbocycles. The number of amidine groups is 4. The summed E-state index contributed by atoms with van der Waals surface area (Å²) in [5, 5.41) is 53.4. The number of hydrogen-bond acceptors (Lipinski definition) is 16. The Hall–Kier alpha value is -10.9. The van der Waals surface area contributed by atoms with Crippen LogP contribution in [0.4, 0.5) is 0 Å². The molecule has 6 aromatic heterocycles. The maximum absolute atomic E-state index is 9.78. The quantitative estimate of drug-likeness (QED) is 0.0167. The normalized spacial score (nSPS) is 11.6. The van der Waals surface area contributed by atoms with Crippen LogP contribution in [0.2, 0.25) is 0 Å². The third kappa shape index (κ3) is 47.0. The third-order valence-corrected chi connectivity index (χ3v) is 19.1. The first kappa shape index (κ1) is 116. The van der Waals surface area contributed by atoms with Gasteiger partial charge >= 0.3 is 0 Å². The summed E-state index contributed by atoms with van der Waals surface area (Å²) in [5.74, 6) is 5.61. The Morgan fingerprint density at radius 3 is 0.774 bits per heavy atom. The number of hydrogen-bond donors (Lipinski definition) is 6. The molecule has 0 amide bonds. The summed E-state index contributed by atoms with van der Waals surface area (Å²) in [4.78, 5) is 50.6. The Balaban J connectivity index is 0.000000391. The van der Waals surface area contributed by atoms with E-state index in [1.54, 1.807) is 48.8 Å². The molecule has 8 N–H and O–H groups in total. The van der Waals surface area contributed by atoms with Gasteiger partial charge in [-0.2, -0.15) is 0 Å². The van der Waals surface area contributed by atoms with Crippen molar-refractivity contribution in [3.8, 4) is 90.1 Å². The summed E-state index contributed by atoms with van der Waals surface area (Å²) in [6.45, 7) is 24.3. The van der Waals surface area contributed by atoms with Crippen molar-refractivity contribution >= 4 is 23.3 Å². The number of aromatic nitrogens is 10. The Morgan fingerprint density at radius 2 is 0.556 bits per heavy atom. The van der Waals surface area contributed by atoms with Gasteiger partial charge in [-0.25, -0.2) is 0 Å². The van der Waals surface area contributed by atoms with Crippen LogP contribution >= 0.6 is 0 Å². The van der Waals surface area contributed by atoms with E-state index in [1.165, 1.54) is 19.8 Å². The van der Waals surface area contributed by atoms with Crippen LogP contribution in [0.3, 0.4) is 0 Å². The summed E-state index contributed by atoms with van der Waals surface area (Å²) in [6.07, 6.45) is 25.4. The smallest absolute Gasteiger partial charge is 0.0748 e. The summed E-state index contributed by atoms with van der Waals surface area (Å²) in [7, 11) is 0. The molecule has 0 bridgehead atoms. The van der Waals surface area contributed by atoms with Crippen molar-refractivity contribution in [1.82, 2.24) is 49.8 Å². The topological polar surface area (TPSA) is 330 Å². The fourth-order valence-corrected chi connectivity index (χ4v) is 12.4. The molecule has 14 rings (SSSR count). The fourth-order valence-electron chi connectivity index (χ4n) is 12.4. The van der Waals surface area contributed by atoms with E-state index in [9.17, 15) is 20.4 Å². The van der Waals surface area contributed by atoms with Gasteiger partial charge in [-0.15, -0.1) is 144 Å². The van der Waals surface area contributed by atoms with Gasteiger partial charge in [0, 0.05) is 176 Å². The van der Waals surface area contributed by atoms with E-state index in [2.05, 4.69) is 139 Å². The Kier molecular flexibility index (Phi) is 57.4. The Morgan fingerprint density at radius 1 is 0.308 bits per heavy atom. The average molecular weight is 2490 g/mol. The molecule has 4 unspecified atom stereocenters. The number of aliphatic hydroxyl groups excluding tert-OH is 4. The van der Waals surface area contributed by atoms with E-state index in [4.69, 9.17) is 22.3 Å². The van der Waals surface area contributed by atoms with Gasteiger partial charge in [0.1, 0.15) is 0 Å². The minimum Gasteiger partial charge on any atom is -0.480 e. The third-order valence-electron chi connectivity index (χ3n) is 19.1. The van der Waals surface area contributed by atoms with Gasteiger partial charge in [0.15, 0.2) is 0 Å². The molecule has 133 heavy (non-hydrogen) atoms. The molecule has 8 aromatic carbocycles. The predicted octanol–water partition coefficient (Wildman–Crippen LogP) is 25.2. The molecular formula is C109H124Ir4N16O4-6. The summed E-state index contributed by atoms with van der Waals surface area (Å²) < 4.78 is 0. The van der Waals surface area contributed by atoms with E-state index >= 15 is 0 Å². The van der Waals surface area contributed by atoms with Crippen molar-refractivity contribution < 1.29 is 101 Å². The molecule has 14 aromatic rings. The number of nitrogens with one attached hydrogen (secondary N) is 4. The van der Waals surface area contributed by atoms with Crippen LogP contribution in [0.1, 0.15) is 159 Å². The number of pyridine rings is 2. The fraction of sp³-hybridized carbons (Fsp3) is 0.284. The Labute approximate surface area is 842 Å². The number of rotatable bonds is 26. The van der Waals surface area contributed by atoms with Crippen LogP contribution in [0.5, 0.6) is 0 Å². The van der Waals surface area contributed by atoms with Gasteiger partial charge in [0.2, 0.25) is 0 Å². The Bertz CT molecular complexity index is 4690. The predicted molar refractivity (Wildman–Crippen MR) is 527 cm³/mol. The van der Waals surface area contributed by atoms with Gasteiger partial charge in [-0.3, -0.25) is 49.8 Å². The average Bonchev–Trinajstić information content (AvgIpc) is 0.858. The second kappa shape index (κ2) is 65.7. The van der Waals surface area contributed by atoms with E-state index in [-0.39, 0.29) is 134 Å². The molecule has 0 fully saturated rings. The van der Waals surface area contributed by atoms with Crippen LogP contribution in [-0.4, -0.2) is 118 Å². The first-order chi connectivity index (χ1) is 62.2. The zero-order chi connectivity index (χ0) is 93.0. The van der Waals surface area contributed by atoms with Gasteiger partial charge in [-0.05, 0) is 133 Å². The van der Waals surface area contributed by atoms with Crippen LogP contribution in [-0.2, 0) is 80.4 Å². The number of benzene rings is 8. The van der Waals surface area contributed by atoms with Crippen LogP contribution in [0.25, 0.3) is 102 Å². The standard InChI is InChI=1S/4C16H11N2.C15H32O2.C11H15N4.C11H24O2.C8H9N4.4Ir/c4*1-3-7-13(8-4-1)15-11-17-16(18-12-15)14-9-5-2-6-10-14;1-12(2)7-5-9-14(16)11-15(17)10-6-8-13(3)4;1-11(2,3)10(13)15-9(12)8-6-4-5-7-14-8;1-8(2)5-10(12)7-11(13)6-9(3)4;1-6(9)12-8(10)7-4-2-3-5-11-7;;;;/h4*1-9,11-12H;12-17H,5-11H2,1-4H3;4-7H,1-3H3,(H2-,12,13,15);8-13H,5-7H2,1-4H3;2-5H,1H3,(H2-,9,10,12);;;;/q4*-1;;-1;;-1;;;;. The molecule has 20 nitrogen and oxygen atoms in total. The van der Waals surface area contributed by atoms with Crippen molar-refractivity contribution in [3.63, 3.8) is 0 Å². The van der Waals surface area contributed by atoms with E-state index in [1.807, 2.05) is 289 Å². The van der Waals surface area contributed by atoms with Crippen LogP contribution in [0.15, 0.2) is 327 Å². The molecular weight excluding hydrogens is 2370 g/mol. The van der Waals surface area contributed by atoms with Crippen LogP contribution < -0.4 is 0 Å². The molecule has 0 aliphatic heterocycles. The summed E-state index contributed by atoms with van der Waals surface area (Å²) in [5.41, 5.74) is 28.0. The zero-order valence-electron chi connectivity index (χ0n) is 77.7. The van der Waals surface area contributed by atoms with Gasteiger partial charge in [0.25, 0.3) is 0 Å². The van der Waals surface area contributed by atoms with E-state index in [0.717, 1.165) is 105 Å². The van der Waals surface area contributed by atoms with Gasteiger partial charge in [0.05, 0.1) is 59.1 Å². The molecule has 0 saturated heterocycles. The number of aliphatic hydroxyl groups is 4. The molecule has 24 heteroatoms. The van der Waals surface area contributed by atoms with Gasteiger partial charge < -0.3 is 52.7 Å². The maximum atomic E-state index is 9.78. The first-order valence-corrected chi connectivity index (χ1v) is 43.9. The molecule has 0 saturated carbocycles. The van der Waals surface area contributed by atoms with Crippen molar-refractivity contribution in [2.45, 2.75) is 172 Å². The number of aliphatic imine (C=N–C) groups is 2. The minimum absolute atomic E-state index is 0. The first-order valence-electron chi connectivity index (χ1n) is 43.9. The van der Waals surface area contributed by atoms with Crippen LogP contribution in [0, 0.1) is 64.2 Å². The molecule has 4 atom stereocenters. The summed E-state index contributed by atoms with van der Waals surface area (Å²) >= 11 is 0. The monoisotopic (exact) mass is 2490 g/mol. The number of nitrogens with zero attached hydrogens (tertiary/aromatic N) is 12.